The van der Waals surface area contributed by atoms with Crippen LogP contribution in [0.15, 0.2) is 18.2 Å². The lowest BCUT2D eigenvalue weighted by Gasteiger charge is -2.19. The van der Waals surface area contributed by atoms with Crippen LogP contribution < -0.4 is 21.1 Å². The number of amides is 2. The predicted octanol–water partition coefficient (Wildman–Crippen LogP) is 0.973. The van der Waals surface area contributed by atoms with E-state index in [2.05, 4.69) is 10.6 Å². The molecule has 0 saturated heterocycles. The standard InChI is InChI=1S/C12H15N3O3.ClH/c1-7(5-13)12(17)14-8-2-3-9-10(4-8)18-6-11(16)15-9;/h2-4,7H,5-6,13H2,1H3,(H,14,17)(H,15,16);1H. The Balaban J connectivity index is 0.00000180. The quantitative estimate of drug-likeness (QED) is 0.771. The number of benzene rings is 1. The summed E-state index contributed by atoms with van der Waals surface area (Å²) in [5.41, 5.74) is 6.65. The molecule has 6 nitrogen and oxygen atoms in total. The summed E-state index contributed by atoms with van der Waals surface area (Å²) >= 11 is 0. The van der Waals surface area contributed by atoms with Crippen LogP contribution in [-0.2, 0) is 9.59 Å². The van der Waals surface area contributed by atoms with Gasteiger partial charge >= 0.3 is 0 Å². The minimum atomic E-state index is -0.248. The number of carbonyl (C=O) groups is 2. The highest BCUT2D eigenvalue weighted by molar-refractivity contribution is 5.97. The minimum Gasteiger partial charge on any atom is -0.482 e. The molecule has 0 aliphatic carbocycles. The first-order chi connectivity index (χ1) is 8.60. The molecule has 104 valence electrons. The van der Waals surface area contributed by atoms with Gasteiger partial charge in [0.1, 0.15) is 5.75 Å². The van der Waals surface area contributed by atoms with E-state index in [9.17, 15) is 9.59 Å². The van der Waals surface area contributed by atoms with E-state index >= 15 is 0 Å². The summed E-state index contributed by atoms with van der Waals surface area (Å²) in [6.07, 6.45) is 0. The third-order valence-corrected chi connectivity index (χ3v) is 2.68. The van der Waals surface area contributed by atoms with Gasteiger partial charge in [0, 0.05) is 24.2 Å². The topological polar surface area (TPSA) is 93.5 Å². The Morgan fingerprint density at radius 3 is 3.00 bits per heavy atom. The van der Waals surface area contributed by atoms with Gasteiger partial charge in [0.15, 0.2) is 6.61 Å². The highest BCUT2D eigenvalue weighted by atomic mass is 35.5. The zero-order valence-electron chi connectivity index (χ0n) is 10.4. The summed E-state index contributed by atoms with van der Waals surface area (Å²) in [5.74, 6) is -0.0252. The van der Waals surface area contributed by atoms with Crippen LogP contribution in [0.4, 0.5) is 11.4 Å². The number of carbonyl (C=O) groups excluding carboxylic acids is 2. The predicted molar refractivity (Wildman–Crippen MR) is 74.7 cm³/mol. The van der Waals surface area contributed by atoms with Crippen molar-refractivity contribution < 1.29 is 14.3 Å². The molecule has 0 bridgehead atoms. The lowest BCUT2D eigenvalue weighted by Crippen LogP contribution is -2.27. The van der Waals surface area contributed by atoms with Crippen molar-refractivity contribution in [1.82, 2.24) is 0 Å². The maximum Gasteiger partial charge on any atom is 0.262 e. The lowest BCUT2D eigenvalue weighted by molar-refractivity contribution is -0.119. The van der Waals surface area contributed by atoms with Crippen molar-refractivity contribution in [2.45, 2.75) is 6.92 Å². The molecule has 0 radical (unpaired) electrons. The molecule has 1 aromatic rings. The molecule has 1 aliphatic rings. The lowest BCUT2D eigenvalue weighted by atomic mass is 10.1. The van der Waals surface area contributed by atoms with E-state index in [1.54, 1.807) is 25.1 Å². The summed E-state index contributed by atoms with van der Waals surface area (Å²) in [4.78, 5) is 22.8. The third-order valence-electron chi connectivity index (χ3n) is 2.68. The van der Waals surface area contributed by atoms with E-state index in [4.69, 9.17) is 10.5 Å². The van der Waals surface area contributed by atoms with Crippen molar-refractivity contribution in [3.8, 4) is 5.75 Å². The van der Waals surface area contributed by atoms with Crippen LogP contribution >= 0.6 is 12.4 Å². The Labute approximate surface area is 117 Å². The van der Waals surface area contributed by atoms with E-state index < -0.39 is 0 Å². The smallest absolute Gasteiger partial charge is 0.262 e. The molecular formula is C12H16ClN3O3. The van der Waals surface area contributed by atoms with Gasteiger partial charge in [0.05, 0.1) is 5.69 Å². The maximum absolute atomic E-state index is 11.7. The molecular weight excluding hydrogens is 270 g/mol. The number of anilines is 2. The van der Waals surface area contributed by atoms with E-state index in [0.717, 1.165) is 0 Å². The van der Waals surface area contributed by atoms with Crippen LogP contribution in [0.3, 0.4) is 0 Å². The third kappa shape index (κ3) is 3.59. The van der Waals surface area contributed by atoms with Gasteiger partial charge in [-0.1, -0.05) is 6.92 Å². The summed E-state index contributed by atoms with van der Waals surface area (Å²) in [5, 5.41) is 5.42. The Bertz CT molecular complexity index is 493. The zero-order valence-corrected chi connectivity index (χ0v) is 11.3. The van der Waals surface area contributed by atoms with Crippen molar-refractivity contribution in [3.05, 3.63) is 18.2 Å². The molecule has 2 amide bonds. The molecule has 1 atom stereocenters. The number of hydrogen-bond donors (Lipinski definition) is 3. The van der Waals surface area contributed by atoms with Crippen molar-refractivity contribution in [2.24, 2.45) is 11.7 Å². The van der Waals surface area contributed by atoms with Crippen molar-refractivity contribution in [1.29, 1.82) is 0 Å². The van der Waals surface area contributed by atoms with Crippen LogP contribution in [0.1, 0.15) is 6.92 Å². The fourth-order valence-electron chi connectivity index (χ4n) is 1.52. The number of fused-ring (bicyclic) bond motifs is 1. The molecule has 1 unspecified atom stereocenters. The molecule has 0 fully saturated rings. The van der Waals surface area contributed by atoms with E-state index in [0.29, 0.717) is 23.7 Å². The van der Waals surface area contributed by atoms with Gasteiger partial charge in [-0.15, -0.1) is 12.4 Å². The van der Waals surface area contributed by atoms with Gasteiger partial charge < -0.3 is 21.1 Å². The minimum absolute atomic E-state index is 0. The molecule has 0 aromatic heterocycles. The zero-order chi connectivity index (χ0) is 13.1. The van der Waals surface area contributed by atoms with Gasteiger partial charge in [-0.2, -0.15) is 0 Å². The molecule has 1 aromatic carbocycles. The molecule has 4 N–H and O–H groups in total. The summed E-state index contributed by atoms with van der Waals surface area (Å²) in [7, 11) is 0. The number of halogens is 1. The highest BCUT2D eigenvalue weighted by Crippen LogP contribution is 2.30. The van der Waals surface area contributed by atoms with Crippen LogP contribution in [-0.4, -0.2) is 25.0 Å². The average molecular weight is 286 g/mol. The van der Waals surface area contributed by atoms with E-state index in [-0.39, 0.29) is 36.7 Å². The second kappa shape index (κ2) is 6.40. The van der Waals surface area contributed by atoms with E-state index in [1.165, 1.54) is 0 Å². The van der Waals surface area contributed by atoms with Crippen molar-refractivity contribution >= 4 is 35.6 Å². The first kappa shape index (κ1) is 15.3. The maximum atomic E-state index is 11.7. The van der Waals surface area contributed by atoms with Gasteiger partial charge in [-0.3, -0.25) is 9.59 Å². The SMILES string of the molecule is CC(CN)C(=O)Nc1ccc2c(c1)OCC(=O)N2.Cl. The summed E-state index contributed by atoms with van der Waals surface area (Å²) in [6, 6.07) is 5.07. The molecule has 0 spiro atoms. The van der Waals surface area contributed by atoms with Crippen LogP contribution in [0, 0.1) is 5.92 Å². The van der Waals surface area contributed by atoms with Gasteiger partial charge in [0.2, 0.25) is 5.91 Å². The first-order valence-electron chi connectivity index (χ1n) is 5.68. The molecule has 7 heteroatoms. The summed E-state index contributed by atoms with van der Waals surface area (Å²) < 4.78 is 5.26. The molecule has 0 saturated carbocycles. The number of ether oxygens (including phenoxy) is 1. The average Bonchev–Trinajstić information content (AvgIpc) is 2.38. The first-order valence-corrected chi connectivity index (χ1v) is 5.68. The van der Waals surface area contributed by atoms with Crippen LogP contribution in [0.5, 0.6) is 5.75 Å². The second-order valence-electron chi connectivity index (χ2n) is 4.17. The van der Waals surface area contributed by atoms with Gasteiger partial charge in [-0.25, -0.2) is 0 Å². The Morgan fingerprint density at radius 2 is 2.32 bits per heavy atom. The fourth-order valence-corrected chi connectivity index (χ4v) is 1.52. The van der Waals surface area contributed by atoms with Crippen molar-refractivity contribution in [2.75, 3.05) is 23.8 Å². The largest absolute Gasteiger partial charge is 0.482 e. The van der Waals surface area contributed by atoms with Crippen molar-refractivity contribution in [3.63, 3.8) is 0 Å². The Morgan fingerprint density at radius 1 is 1.58 bits per heavy atom. The Kier molecular flexibility index (Phi) is 5.14. The number of nitrogens with two attached hydrogens (primary N) is 1. The molecule has 2 rings (SSSR count). The fraction of sp³-hybridized carbons (Fsp3) is 0.333. The molecule has 1 heterocycles. The molecule has 1 aliphatic heterocycles. The number of nitrogens with one attached hydrogen (secondary N) is 2. The number of hydrogen-bond acceptors (Lipinski definition) is 4. The van der Waals surface area contributed by atoms with Gasteiger partial charge in [0.25, 0.3) is 5.91 Å². The normalized spacial score (nSPS) is 14.3. The van der Waals surface area contributed by atoms with Gasteiger partial charge in [-0.05, 0) is 12.1 Å². The summed E-state index contributed by atoms with van der Waals surface area (Å²) in [6.45, 7) is 2.04. The highest BCUT2D eigenvalue weighted by Gasteiger charge is 2.17. The second-order valence-corrected chi connectivity index (χ2v) is 4.17. The Hall–Kier alpha value is -1.79. The van der Waals surface area contributed by atoms with Crippen LogP contribution in [0.2, 0.25) is 0 Å². The number of rotatable bonds is 3. The molecule has 19 heavy (non-hydrogen) atoms. The monoisotopic (exact) mass is 285 g/mol. The van der Waals surface area contributed by atoms with Crippen LogP contribution in [0.25, 0.3) is 0 Å². The van der Waals surface area contributed by atoms with E-state index in [1.807, 2.05) is 0 Å².